The Kier molecular flexibility index (Phi) is 7.69. The molecule has 1 aromatic heterocycles. The Morgan fingerprint density at radius 3 is 2.76 bits per heavy atom. The molecule has 136 valence electrons. The van der Waals surface area contributed by atoms with Crippen LogP contribution < -0.4 is 5.73 Å². The second kappa shape index (κ2) is 9.53. The Labute approximate surface area is 163 Å². The van der Waals surface area contributed by atoms with E-state index in [9.17, 15) is 4.79 Å². The summed E-state index contributed by atoms with van der Waals surface area (Å²) in [5.41, 5.74) is 7.27. The smallest absolute Gasteiger partial charge is 0.273 e. The number of carbonyl (C=O) groups excluding carboxylic acids is 1. The van der Waals surface area contributed by atoms with Crippen molar-refractivity contribution in [3.63, 3.8) is 0 Å². The van der Waals surface area contributed by atoms with E-state index in [1.807, 2.05) is 34.5 Å². The summed E-state index contributed by atoms with van der Waals surface area (Å²) in [5.74, 6) is 0.0244. The van der Waals surface area contributed by atoms with Crippen molar-refractivity contribution >= 4 is 41.3 Å². The summed E-state index contributed by atoms with van der Waals surface area (Å²) < 4.78 is 0. The highest BCUT2D eigenvalue weighted by Crippen LogP contribution is 2.32. The SMILES string of the molecule is Cl.NCCc1nc(C(=O)N2CCCCCC2c2ccc(Cl)cc2)cs1. The number of hydrogen-bond acceptors (Lipinski definition) is 4. The van der Waals surface area contributed by atoms with Gasteiger partial charge in [-0.15, -0.1) is 23.7 Å². The minimum Gasteiger partial charge on any atom is -0.330 e. The Bertz CT molecular complexity index is 690. The molecule has 3 rings (SSSR count). The van der Waals surface area contributed by atoms with Crippen molar-refractivity contribution in [2.24, 2.45) is 5.73 Å². The number of amides is 1. The molecule has 7 heteroatoms. The number of benzene rings is 1. The van der Waals surface area contributed by atoms with E-state index in [0.29, 0.717) is 12.2 Å². The lowest BCUT2D eigenvalue weighted by molar-refractivity contribution is 0.0675. The van der Waals surface area contributed by atoms with Crippen molar-refractivity contribution in [2.75, 3.05) is 13.1 Å². The van der Waals surface area contributed by atoms with Gasteiger partial charge < -0.3 is 10.6 Å². The number of halogens is 2. The Morgan fingerprint density at radius 2 is 2.04 bits per heavy atom. The third-order valence-corrected chi connectivity index (χ3v) is 5.56. The van der Waals surface area contributed by atoms with Gasteiger partial charge in [-0.3, -0.25) is 4.79 Å². The molecule has 1 unspecified atom stereocenters. The summed E-state index contributed by atoms with van der Waals surface area (Å²) in [7, 11) is 0. The molecule has 1 saturated heterocycles. The van der Waals surface area contributed by atoms with Crippen LogP contribution >= 0.6 is 35.3 Å². The largest absolute Gasteiger partial charge is 0.330 e. The van der Waals surface area contributed by atoms with Gasteiger partial charge in [0.15, 0.2) is 0 Å². The number of aromatic nitrogens is 1. The van der Waals surface area contributed by atoms with E-state index in [4.69, 9.17) is 17.3 Å². The third-order valence-electron chi connectivity index (χ3n) is 4.40. The van der Waals surface area contributed by atoms with Gasteiger partial charge in [0.2, 0.25) is 0 Å². The standard InChI is InChI=1S/C18H22ClN3OS.ClH/c19-14-7-5-13(6-8-14)16-4-2-1-3-11-22(16)18(23)15-12-24-17(21-15)9-10-20;/h5-8,12,16H,1-4,9-11,20H2;1H. The van der Waals surface area contributed by atoms with Gasteiger partial charge in [0.05, 0.1) is 11.0 Å². The summed E-state index contributed by atoms with van der Waals surface area (Å²) in [4.78, 5) is 19.5. The van der Waals surface area contributed by atoms with Gasteiger partial charge in [0.1, 0.15) is 5.69 Å². The van der Waals surface area contributed by atoms with E-state index in [2.05, 4.69) is 4.98 Å². The van der Waals surface area contributed by atoms with E-state index in [1.54, 1.807) is 0 Å². The van der Waals surface area contributed by atoms with Gasteiger partial charge in [-0.25, -0.2) is 4.98 Å². The van der Waals surface area contributed by atoms with Crippen molar-refractivity contribution in [3.8, 4) is 0 Å². The fourth-order valence-corrected chi connectivity index (χ4v) is 4.09. The van der Waals surface area contributed by atoms with Crippen LogP contribution in [0.4, 0.5) is 0 Å². The fraction of sp³-hybridized carbons (Fsp3) is 0.444. The zero-order valence-corrected chi connectivity index (χ0v) is 16.4. The normalized spacial score (nSPS) is 17.7. The lowest BCUT2D eigenvalue weighted by atomic mass is 10.0. The molecule has 1 atom stereocenters. The molecule has 1 amide bonds. The number of nitrogens with two attached hydrogens (primary N) is 1. The van der Waals surface area contributed by atoms with Crippen LogP contribution in [0.25, 0.3) is 0 Å². The van der Waals surface area contributed by atoms with Crippen LogP contribution in [-0.4, -0.2) is 28.9 Å². The number of carbonyl (C=O) groups is 1. The lowest BCUT2D eigenvalue weighted by Crippen LogP contribution is -2.35. The molecule has 1 aliphatic heterocycles. The molecular weight excluding hydrogens is 377 g/mol. The van der Waals surface area contributed by atoms with E-state index >= 15 is 0 Å². The average molecular weight is 400 g/mol. The minimum absolute atomic E-state index is 0. The van der Waals surface area contributed by atoms with Gasteiger partial charge in [-0.2, -0.15) is 0 Å². The van der Waals surface area contributed by atoms with Gasteiger partial charge >= 0.3 is 0 Å². The van der Waals surface area contributed by atoms with E-state index in [0.717, 1.165) is 54.2 Å². The maximum absolute atomic E-state index is 13.0. The van der Waals surface area contributed by atoms with Crippen LogP contribution in [0.15, 0.2) is 29.6 Å². The zero-order chi connectivity index (χ0) is 16.9. The van der Waals surface area contributed by atoms with Crippen LogP contribution in [0.2, 0.25) is 5.02 Å². The highest BCUT2D eigenvalue weighted by molar-refractivity contribution is 7.09. The Balaban J connectivity index is 0.00000225. The van der Waals surface area contributed by atoms with Gasteiger partial charge in [-0.05, 0) is 37.1 Å². The van der Waals surface area contributed by atoms with Crippen molar-refractivity contribution < 1.29 is 4.79 Å². The summed E-state index contributed by atoms with van der Waals surface area (Å²) in [6.45, 7) is 1.33. The number of thiazole rings is 1. The maximum atomic E-state index is 13.0. The molecule has 2 aromatic rings. The fourth-order valence-electron chi connectivity index (χ4n) is 3.18. The van der Waals surface area contributed by atoms with Crippen LogP contribution in [0.1, 0.15) is 52.8 Å². The maximum Gasteiger partial charge on any atom is 0.273 e. The number of nitrogens with zero attached hydrogens (tertiary/aromatic N) is 2. The molecule has 1 fully saturated rings. The van der Waals surface area contributed by atoms with E-state index < -0.39 is 0 Å². The molecule has 0 saturated carbocycles. The van der Waals surface area contributed by atoms with E-state index in [1.165, 1.54) is 11.3 Å². The van der Waals surface area contributed by atoms with E-state index in [-0.39, 0.29) is 24.4 Å². The van der Waals surface area contributed by atoms with Gasteiger partial charge in [0.25, 0.3) is 5.91 Å². The average Bonchev–Trinajstić information content (AvgIpc) is 2.91. The van der Waals surface area contributed by atoms with Crippen LogP contribution in [0.5, 0.6) is 0 Å². The van der Waals surface area contributed by atoms with Crippen molar-refractivity contribution in [1.82, 2.24) is 9.88 Å². The van der Waals surface area contributed by atoms with Gasteiger partial charge in [-0.1, -0.05) is 36.6 Å². The van der Waals surface area contributed by atoms with Crippen LogP contribution in [0.3, 0.4) is 0 Å². The first kappa shape index (κ1) is 20.2. The lowest BCUT2D eigenvalue weighted by Gasteiger charge is -2.30. The molecule has 1 aliphatic rings. The molecule has 0 aliphatic carbocycles. The third kappa shape index (κ3) is 4.94. The summed E-state index contributed by atoms with van der Waals surface area (Å²) in [6.07, 6.45) is 5.03. The van der Waals surface area contributed by atoms with Crippen molar-refractivity contribution in [2.45, 2.75) is 38.1 Å². The van der Waals surface area contributed by atoms with Gasteiger partial charge in [0, 0.05) is 23.4 Å². The topological polar surface area (TPSA) is 59.2 Å². The molecule has 1 aromatic carbocycles. The van der Waals surface area contributed by atoms with Crippen LogP contribution in [0, 0.1) is 0 Å². The predicted molar refractivity (Wildman–Crippen MR) is 106 cm³/mol. The molecule has 25 heavy (non-hydrogen) atoms. The first-order valence-corrected chi connectivity index (χ1v) is 9.65. The number of hydrogen-bond donors (Lipinski definition) is 1. The summed E-state index contributed by atoms with van der Waals surface area (Å²) in [5, 5.41) is 3.51. The highest BCUT2D eigenvalue weighted by atomic mass is 35.5. The first-order valence-electron chi connectivity index (χ1n) is 8.40. The predicted octanol–water partition coefficient (Wildman–Crippen LogP) is 4.48. The number of likely N-dealkylation sites (tertiary alicyclic amines) is 1. The summed E-state index contributed by atoms with van der Waals surface area (Å²) in [6, 6.07) is 7.94. The molecule has 0 radical (unpaired) electrons. The first-order chi connectivity index (χ1) is 11.7. The molecule has 0 bridgehead atoms. The quantitative estimate of drug-likeness (QED) is 0.824. The molecule has 2 N–H and O–H groups in total. The minimum atomic E-state index is 0. The monoisotopic (exact) mass is 399 g/mol. The molecular formula is C18H23Cl2N3OS. The highest BCUT2D eigenvalue weighted by Gasteiger charge is 2.28. The second-order valence-corrected chi connectivity index (χ2v) is 7.46. The van der Waals surface area contributed by atoms with Crippen molar-refractivity contribution in [1.29, 1.82) is 0 Å². The molecule has 2 heterocycles. The molecule has 4 nitrogen and oxygen atoms in total. The summed E-state index contributed by atoms with van der Waals surface area (Å²) >= 11 is 7.53. The molecule has 0 spiro atoms. The Hall–Kier alpha value is -1.14. The van der Waals surface area contributed by atoms with Crippen molar-refractivity contribution in [3.05, 3.63) is 50.9 Å². The Morgan fingerprint density at radius 1 is 1.28 bits per heavy atom. The number of rotatable bonds is 4. The zero-order valence-electron chi connectivity index (χ0n) is 14.0. The second-order valence-electron chi connectivity index (χ2n) is 6.08. The van der Waals surface area contributed by atoms with Crippen LogP contribution in [-0.2, 0) is 6.42 Å².